The van der Waals surface area contributed by atoms with E-state index in [-0.39, 0.29) is 17.1 Å². The summed E-state index contributed by atoms with van der Waals surface area (Å²) in [5, 5.41) is 6.14. The van der Waals surface area contributed by atoms with Crippen LogP contribution in [0.15, 0.2) is 28.7 Å². The van der Waals surface area contributed by atoms with E-state index in [1.807, 2.05) is 24.5 Å². The van der Waals surface area contributed by atoms with E-state index >= 15 is 0 Å². The first-order valence-electron chi connectivity index (χ1n) is 11.4. The van der Waals surface area contributed by atoms with E-state index < -0.39 is 14.3 Å². The number of thiazole rings is 2. The number of carbonyl (C=O) groups is 1. The maximum absolute atomic E-state index is 11.9. The Kier molecular flexibility index (Phi) is 9.82. The molecule has 0 N–H and O–H groups in total. The molecule has 188 valence electrons. The van der Waals surface area contributed by atoms with Crippen LogP contribution in [0.2, 0.25) is 18.1 Å². The molecule has 0 spiro atoms. The molecule has 0 amide bonds. The van der Waals surface area contributed by atoms with Crippen LogP contribution in [0.5, 0.6) is 0 Å². The molecule has 2 atom stereocenters. The van der Waals surface area contributed by atoms with E-state index in [4.69, 9.17) is 23.9 Å². The molecule has 2 heterocycles. The second kappa shape index (κ2) is 11.7. The number of carbonyl (C=O) groups excluding carboxylic acids is 1. The summed E-state index contributed by atoms with van der Waals surface area (Å²) in [5.41, 5.74) is 1.77. The second-order valence-electron chi connectivity index (χ2n) is 10.1. The topological polar surface area (TPSA) is 70.5 Å². The van der Waals surface area contributed by atoms with Crippen molar-refractivity contribution in [3.63, 3.8) is 0 Å². The highest BCUT2D eigenvalue weighted by Crippen LogP contribution is 2.39. The first kappa shape index (κ1) is 28.4. The lowest BCUT2D eigenvalue weighted by atomic mass is 10.0. The molecule has 0 fully saturated rings. The molecule has 9 heteroatoms. The van der Waals surface area contributed by atoms with Crippen molar-refractivity contribution in [3.05, 3.63) is 39.4 Å². The van der Waals surface area contributed by atoms with Gasteiger partial charge in [0.2, 0.25) is 0 Å². The maximum Gasteiger partial charge on any atom is 0.333 e. The van der Waals surface area contributed by atoms with Crippen molar-refractivity contribution in [1.82, 2.24) is 9.97 Å². The zero-order valence-electron chi connectivity index (χ0n) is 22.0. The molecule has 0 unspecified atom stereocenters. The minimum absolute atomic E-state index is 0.0324. The van der Waals surface area contributed by atoms with Crippen molar-refractivity contribution in [3.8, 4) is 10.7 Å². The van der Waals surface area contributed by atoms with Gasteiger partial charge < -0.3 is 13.9 Å². The van der Waals surface area contributed by atoms with Gasteiger partial charge in [0.1, 0.15) is 16.5 Å². The number of rotatable bonds is 10. The van der Waals surface area contributed by atoms with Crippen LogP contribution in [0.3, 0.4) is 0 Å². The number of nitrogens with zero attached hydrogens (tertiary/aromatic N) is 2. The molecule has 0 aliphatic rings. The fraction of sp³-hybridized carbons (Fsp3) is 0.560. The van der Waals surface area contributed by atoms with Crippen LogP contribution in [0, 0.1) is 5.92 Å². The second-order valence-corrected chi connectivity index (χ2v) is 16.6. The van der Waals surface area contributed by atoms with Crippen LogP contribution in [-0.2, 0) is 18.7 Å². The van der Waals surface area contributed by atoms with Crippen molar-refractivity contribution in [2.45, 2.75) is 71.7 Å². The van der Waals surface area contributed by atoms with E-state index in [2.05, 4.69) is 53.1 Å². The molecule has 0 radical (unpaired) electrons. The summed E-state index contributed by atoms with van der Waals surface area (Å²) in [7, 11) is 0.806. The molecule has 0 aliphatic carbocycles. The summed E-state index contributed by atoms with van der Waals surface area (Å²) in [6.07, 6.45) is 5.09. The van der Waals surface area contributed by atoms with Gasteiger partial charge >= 0.3 is 5.97 Å². The van der Waals surface area contributed by atoms with E-state index in [1.54, 1.807) is 29.8 Å². The molecule has 0 aromatic carbocycles. The Morgan fingerprint density at radius 3 is 2.26 bits per heavy atom. The number of ether oxygens (including phenoxy) is 2. The van der Waals surface area contributed by atoms with Gasteiger partial charge in [0.15, 0.2) is 8.32 Å². The minimum atomic E-state index is -2.11. The van der Waals surface area contributed by atoms with Gasteiger partial charge in [-0.1, -0.05) is 47.6 Å². The van der Waals surface area contributed by atoms with Crippen molar-refractivity contribution < 1.29 is 18.7 Å². The zero-order chi connectivity index (χ0) is 25.7. The van der Waals surface area contributed by atoms with Crippen molar-refractivity contribution in [1.29, 1.82) is 0 Å². The predicted molar refractivity (Wildman–Crippen MR) is 145 cm³/mol. The molecular formula is C25H38N2O4S2Si. The van der Waals surface area contributed by atoms with Crippen molar-refractivity contribution in [2.75, 3.05) is 14.2 Å². The van der Waals surface area contributed by atoms with Gasteiger partial charge in [0.05, 0.1) is 37.1 Å². The molecule has 0 saturated carbocycles. The first-order chi connectivity index (χ1) is 15.8. The van der Waals surface area contributed by atoms with Crippen LogP contribution >= 0.6 is 22.7 Å². The zero-order valence-corrected chi connectivity index (χ0v) is 24.6. The highest BCUT2D eigenvalue weighted by Gasteiger charge is 2.40. The Morgan fingerprint density at radius 1 is 1.06 bits per heavy atom. The third-order valence-corrected chi connectivity index (χ3v) is 12.6. The first-order valence-corrected chi connectivity index (χ1v) is 16.1. The van der Waals surface area contributed by atoms with Crippen molar-refractivity contribution in [2.24, 2.45) is 5.92 Å². The summed E-state index contributed by atoms with van der Waals surface area (Å²) in [6.45, 7) is 17.3. The van der Waals surface area contributed by atoms with E-state index in [1.165, 1.54) is 13.2 Å². The largest absolute Gasteiger partial charge is 0.500 e. The summed E-state index contributed by atoms with van der Waals surface area (Å²) >= 11 is 3.25. The van der Waals surface area contributed by atoms with Crippen LogP contribution in [0.25, 0.3) is 16.8 Å². The Hall–Kier alpha value is -1.81. The quantitative estimate of drug-likeness (QED) is 0.143. The van der Waals surface area contributed by atoms with Crippen LogP contribution < -0.4 is 0 Å². The van der Waals surface area contributed by atoms with E-state index in [0.717, 1.165) is 21.4 Å². The Labute approximate surface area is 213 Å². The molecule has 2 rings (SSSR count). The Balaban J connectivity index is 2.34. The summed E-state index contributed by atoms with van der Waals surface area (Å²) in [4.78, 5) is 21.4. The molecule has 2 aromatic heterocycles. The number of esters is 1. The van der Waals surface area contributed by atoms with Gasteiger partial charge in [-0.2, -0.15) is 0 Å². The predicted octanol–water partition coefficient (Wildman–Crippen LogP) is 7.13. The van der Waals surface area contributed by atoms with E-state index in [0.29, 0.717) is 11.7 Å². The smallest absolute Gasteiger partial charge is 0.333 e. The SMILES string of the molecule is COC(=O)/C=C(/OC)[C@H](C)[C@H](/C=C\c1csc(-c2csc(C(C)C)n2)n1)O[Si](C)(C)C(C)(C)C. The molecule has 0 bridgehead atoms. The van der Waals surface area contributed by atoms with Gasteiger partial charge in [0.25, 0.3) is 0 Å². The maximum atomic E-state index is 11.9. The fourth-order valence-corrected chi connectivity index (χ4v) is 5.82. The molecular weight excluding hydrogens is 485 g/mol. The number of aromatic nitrogens is 2. The number of hydrogen-bond donors (Lipinski definition) is 0. The summed E-state index contributed by atoms with van der Waals surface area (Å²) in [5.74, 6) is 0.273. The highest BCUT2D eigenvalue weighted by molar-refractivity contribution is 7.14. The molecule has 0 aliphatic heterocycles. The average Bonchev–Trinajstić information content (AvgIpc) is 3.43. The highest BCUT2D eigenvalue weighted by atomic mass is 32.1. The standard InChI is InChI=1S/C25H38N2O4S2Si/c1-16(2)23-27-19(15-33-23)24-26-18(14-32-24)11-12-20(31-34(9,10)25(4,5)6)17(3)21(29-7)13-22(28)30-8/h11-17,20H,1-10H3/b12-11-,21-13+/t17-,20+/m1/s1. The minimum Gasteiger partial charge on any atom is -0.500 e. The lowest BCUT2D eigenvalue weighted by molar-refractivity contribution is -0.135. The van der Waals surface area contributed by atoms with Gasteiger partial charge in [-0.3, -0.25) is 0 Å². The average molecular weight is 523 g/mol. The summed E-state index contributed by atoms with van der Waals surface area (Å²) in [6, 6.07) is 0. The third kappa shape index (κ3) is 7.34. The lowest BCUT2D eigenvalue weighted by Gasteiger charge is -2.40. The van der Waals surface area contributed by atoms with Gasteiger partial charge in [-0.25, -0.2) is 14.8 Å². The fourth-order valence-electron chi connectivity index (χ4n) is 2.86. The number of methoxy groups -OCH3 is 2. The molecule has 6 nitrogen and oxygen atoms in total. The van der Waals surface area contributed by atoms with Crippen LogP contribution in [0.4, 0.5) is 0 Å². The summed E-state index contributed by atoms with van der Waals surface area (Å²) < 4.78 is 17.1. The molecule has 0 saturated heterocycles. The van der Waals surface area contributed by atoms with Gasteiger partial charge in [-0.05, 0) is 24.2 Å². The van der Waals surface area contributed by atoms with Gasteiger partial charge in [-0.15, -0.1) is 22.7 Å². The Bertz CT molecular complexity index is 1020. The monoisotopic (exact) mass is 522 g/mol. The lowest BCUT2D eigenvalue weighted by Crippen LogP contribution is -2.45. The number of hydrogen-bond acceptors (Lipinski definition) is 8. The van der Waals surface area contributed by atoms with Crippen molar-refractivity contribution >= 4 is 43.0 Å². The van der Waals surface area contributed by atoms with Crippen LogP contribution in [-0.4, -0.2) is 44.6 Å². The molecule has 2 aromatic rings. The van der Waals surface area contributed by atoms with Gasteiger partial charge in [0, 0.05) is 22.6 Å². The third-order valence-electron chi connectivity index (χ3n) is 6.09. The molecule has 34 heavy (non-hydrogen) atoms. The Morgan fingerprint density at radius 2 is 1.74 bits per heavy atom. The van der Waals surface area contributed by atoms with Crippen LogP contribution in [0.1, 0.15) is 58.2 Å². The van der Waals surface area contributed by atoms with E-state index in [9.17, 15) is 4.79 Å². The normalized spacial score (nSPS) is 15.1.